The molecule has 7 nitrogen and oxygen atoms in total. The minimum absolute atomic E-state index is 0.369. The molecule has 0 saturated heterocycles. The largest absolute Gasteiger partial charge is 0.492 e. The van der Waals surface area contributed by atoms with Gasteiger partial charge in [0.05, 0.1) is 12.3 Å². The molecule has 0 aliphatic carbocycles. The number of anilines is 1. The number of ether oxygens (including phenoxy) is 2. The average molecular weight is 465 g/mol. The van der Waals surface area contributed by atoms with Gasteiger partial charge >= 0.3 is 5.97 Å². The van der Waals surface area contributed by atoms with Crippen molar-refractivity contribution in [3.63, 3.8) is 0 Å². The van der Waals surface area contributed by atoms with E-state index < -0.39 is 30.4 Å². The third-order valence-corrected chi connectivity index (χ3v) is 5.01. The molecule has 0 heterocycles. The van der Waals surface area contributed by atoms with Gasteiger partial charge in [0.2, 0.25) is 0 Å². The van der Waals surface area contributed by atoms with Crippen LogP contribution in [0.15, 0.2) is 48.5 Å². The zero-order valence-corrected chi connectivity index (χ0v) is 18.9. The first-order valence-corrected chi connectivity index (χ1v) is 11.5. The van der Waals surface area contributed by atoms with Gasteiger partial charge in [0.1, 0.15) is 11.8 Å². The van der Waals surface area contributed by atoms with Crippen LogP contribution in [0.25, 0.3) is 0 Å². The molecule has 1 atom stereocenters. The van der Waals surface area contributed by atoms with Crippen LogP contribution in [-0.2, 0) is 14.3 Å². The lowest BCUT2D eigenvalue weighted by Gasteiger charge is -2.17. The zero-order valence-electron chi connectivity index (χ0n) is 17.4. The molecule has 0 fully saturated rings. The standard InChI is InChI=1S/C22H25ClN2O5S/c1-3-29-19-7-5-4-6-17(19)24-20(26)14-30-22(28)18(12-13-31-2)25-21(27)15-8-10-16(23)11-9-15/h4-11,18H,3,12-14H2,1-2H3,(H,24,26)(H,25,27)/t18-/m0/s1. The van der Waals surface area contributed by atoms with E-state index in [1.165, 1.54) is 11.8 Å². The van der Waals surface area contributed by atoms with Gasteiger partial charge in [-0.25, -0.2) is 4.79 Å². The second-order valence-electron chi connectivity index (χ2n) is 6.40. The van der Waals surface area contributed by atoms with Crippen molar-refractivity contribution in [2.75, 3.05) is 30.5 Å². The fraction of sp³-hybridized carbons (Fsp3) is 0.318. The van der Waals surface area contributed by atoms with Crippen molar-refractivity contribution < 1.29 is 23.9 Å². The summed E-state index contributed by atoms with van der Waals surface area (Å²) in [6, 6.07) is 12.4. The van der Waals surface area contributed by atoms with Crippen LogP contribution < -0.4 is 15.4 Å². The summed E-state index contributed by atoms with van der Waals surface area (Å²) in [7, 11) is 0. The topological polar surface area (TPSA) is 93.7 Å². The van der Waals surface area contributed by atoms with Gasteiger partial charge in [-0.05, 0) is 61.8 Å². The number of nitrogens with one attached hydrogen (secondary N) is 2. The van der Waals surface area contributed by atoms with E-state index in [-0.39, 0.29) is 0 Å². The molecule has 2 N–H and O–H groups in total. The fourth-order valence-corrected chi connectivity index (χ4v) is 3.20. The second-order valence-corrected chi connectivity index (χ2v) is 7.82. The number of benzene rings is 2. The predicted octanol–water partition coefficient (Wildman–Crippen LogP) is 3.77. The Balaban J connectivity index is 1.94. The Bertz CT molecular complexity index is 892. The van der Waals surface area contributed by atoms with Gasteiger partial charge in [-0.1, -0.05) is 23.7 Å². The highest BCUT2D eigenvalue weighted by molar-refractivity contribution is 7.98. The summed E-state index contributed by atoms with van der Waals surface area (Å²) in [5.41, 5.74) is 0.858. The van der Waals surface area contributed by atoms with E-state index in [1.54, 1.807) is 48.5 Å². The Morgan fingerprint density at radius 1 is 1.10 bits per heavy atom. The number of hydrogen-bond acceptors (Lipinski definition) is 6. The maximum atomic E-state index is 12.5. The highest BCUT2D eigenvalue weighted by Gasteiger charge is 2.23. The molecule has 0 saturated carbocycles. The van der Waals surface area contributed by atoms with Gasteiger partial charge in [-0.3, -0.25) is 9.59 Å². The van der Waals surface area contributed by atoms with Crippen LogP contribution in [0, 0.1) is 0 Å². The molecule has 0 radical (unpaired) electrons. The number of halogens is 1. The lowest BCUT2D eigenvalue weighted by molar-refractivity contribution is -0.149. The van der Waals surface area contributed by atoms with Crippen LogP contribution in [0.5, 0.6) is 5.75 Å². The lowest BCUT2D eigenvalue weighted by Crippen LogP contribution is -2.43. The summed E-state index contributed by atoms with van der Waals surface area (Å²) < 4.78 is 10.6. The van der Waals surface area contributed by atoms with E-state index in [9.17, 15) is 14.4 Å². The molecule has 2 aromatic rings. The number of thioether (sulfide) groups is 1. The van der Waals surface area contributed by atoms with Gasteiger partial charge in [0.15, 0.2) is 6.61 Å². The molecule has 0 aliphatic heterocycles. The van der Waals surface area contributed by atoms with Gasteiger partial charge in [0.25, 0.3) is 11.8 Å². The van der Waals surface area contributed by atoms with E-state index in [0.717, 1.165) is 0 Å². The maximum Gasteiger partial charge on any atom is 0.329 e. The Morgan fingerprint density at radius 3 is 2.48 bits per heavy atom. The Kier molecular flexibility index (Phi) is 10.2. The summed E-state index contributed by atoms with van der Waals surface area (Å²) in [4.78, 5) is 37.2. The number of para-hydroxylation sites is 2. The minimum Gasteiger partial charge on any atom is -0.492 e. The predicted molar refractivity (Wildman–Crippen MR) is 123 cm³/mol. The lowest BCUT2D eigenvalue weighted by atomic mass is 10.1. The summed E-state index contributed by atoms with van der Waals surface area (Å²) >= 11 is 7.38. The van der Waals surface area contributed by atoms with Crippen molar-refractivity contribution in [1.82, 2.24) is 5.32 Å². The highest BCUT2D eigenvalue weighted by Crippen LogP contribution is 2.23. The van der Waals surface area contributed by atoms with Gasteiger partial charge in [0, 0.05) is 10.6 Å². The van der Waals surface area contributed by atoms with Crippen LogP contribution in [-0.4, -0.2) is 49.0 Å². The summed E-state index contributed by atoms with van der Waals surface area (Å²) in [5.74, 6) is -0.445. The Hall–Kier alpha value is -2.71. The fourth-order valence-electron chi connectivity index (χ4n) is 2.60. The highest BCUT2D eigenvalue weighted by atomic mass is 35.5. The van der Waals surface area contributed by atoms with E-state index in [1.807, 2.05) is 13.2 Å². The van der Waals surface area contributed by atoms with E-state index in [0.29, 0.717) is 40.8 Å². The van der Waals surface area contributed by atoms with Crippen molar-refractivity contribution >= 4 is 46.8 Å². The van der Waals surface area contributed by atoms with E-state index in [2.05, 4.69) is 10.6 Å². The summed E-state index contributed by atoms with van der Waals surface area (Å²) in [6.45, 7) is 1.81. The molecular weight excluding hydrogens is 440 g/mol. The van der Waals surface area contributed by atoms with Gasteiger partial charge in [-0.2, -0.15) is 11.8 Å². The van der Waals surface area contributed by atoms with Gasteiger partial charge in [-0.15, -0.1) is 0 Å². The van der Waals surface area contributed by atoms with Crippen LogP contribution in [0.4, 0.5) is 5.69 Å². The number of hydrogen-bond donors (Lipinski definition) is 2. The molecule has 0 aromatic heterocycles. The monoisotopic (exact) mass is 464 g/mol. The molecule has 166 valence electrons. The Morgan fingerprint density at radius 2 is 1.81 bits per heavy atom. The summed E-state index contributed by atoms with van der Waals surface area (Å²) in [5, 5.41) is 5.83. The smallest absolute Gasteiger partial charge is 0.329 e. The second kappa shape index (κ2) is 12.9. The van der Waals surface area contributed by atoms with Crippen molar-refractivity contribution in [2.24, 2.45) is 0 Å². The minimum atomic E-state index is -0.876. The number of esters is 1. The van der Waals surface area contributed by atoms with Crippen LogP contribution in [0.1, 0.15) is 23.7 Å². The number of amides is 2. The zero-order chi connectivity index (χ0) is 22.6. The molecular formula is C22H25ClN2O5S. The molecule has 31 heavy (non-hydrogen) atoms. The first-order valence-electron chi connectivity index (χ1n) is 9.68. The Labute approximate surface area is 190 Å². The van der Waals surface area contributed by atoms with Crippen molar-refractivity contribution in [3.05, 3.63) is 59.1 Å². The molecule has 9 heteroatoms. The number of rotatable bonds is 11. The van der Waals surface area contributed by atoms with E-state index in [4.69, 9.17) is 21.1 Å². The molecule has 0 unspecified atom stereocenters. The van der Waals surface area contributed by atoms with Crippen LogP contribution in [0.3, 0.4) is 0 Å². The molecule has 0 aliphatic rings. The third kappa shape index (κ3) is 8.15. The SMILES string of the molecule is CCOc1ccccc1NC(=O)COC(=O)[C@H](CCSC)NC(=O)c1ccc(Cl)cc1. The van der Waals surface area contributed by atoms with Crippen molar-refractivity contribution in [1.29, 1.82) is 0 Å². The molecule has 2 amide bonds. The maximum absolute atomic E-state index is 12.5. The third-order valence-electron chi connectivity index (χ3n) is 4.11. The molecule has 0 spiro atoms. The first kappa shape index (κ1) is 24.6. The molecule has 2 aromatic carbocycles. The normalized spacial score (nSPS) is 11.3. The number of carbonyl (C=O) groups is 3. The van der Waals surface area contributed by atoms with Crippen molar-refractivity contribution in [3.8, 4) is 5.75 Å². The van der Waals surface area contributed by atoms with Crippen molar-refractivity contribution in [2.45, 2.75) is 19.4 Å². The molecule has 0 bridgehead atoms. The van der Waals surface area contributed by atoms with Crippen LogP contribution in [0.2, 0.25) is 5.02 Å². The number of carbonyl (C=O) groups excluding carboxylic acids is 3. The quantitative estimate of drug-likeness (QED) is 0.491. The van der Waals surface area contributed by atoms with Crippen LogP contribution >= 0.6 is 23.4 Å². The molecule has 2 rings (SSSR count). The average Bonchev–Trinajstić information content (AvgIpc) is 2.76. The van der Waals surface area contributed by atoms with Gasteiger partial charge < -0.3 is 20.1 Å². The summed E-state index contributed by atoms with van der Waals surface area (Å²) in [6.07, 6.45) is 2.26. The van der Waals surface area contributed by atoms with E-state index >= 15 is 0 Å². The first-order chi connectivity index (χ1) is 14.9.